The van der Waals surface area contributed by atoms with Crippen LogP contribution in [0.25, 0.3) is 0 Å². The Morgan fingerprint density at radius 3 is 2.75 bits per heavy atom. The first-order valence-electron chi connectivity index (χ1n) is 4.45. The van der Waals surface area contributed by atoms with Crippen molar-refractivity contribution in [3.05, 3.63) is 27.5 Å². The highest BCUT2D eigenvalue weighted by atomic mass is 19.3. The summed E-state index contributed by atoms with van der Waals surface area (Å²) in [5, 5.41) is 0. The molecule has 3 N–H and O–H groups in total. The minimum atomic E-state index is -2.97. The summed E-state index contributed by atoms with van der Waals surface area (Å²) in [7, 11) is 0. The number of H-pyrrole nitrogens is 1. The van der Waals surface area contributed by atoms with Crippen LogP contribution in [-0.4, -0.2) is 17.6 Å². The van der Waals surface area contributed by atoms with Crippen molar-refractivity contribution in [1.29, 1.82) is 0 Å². The highest BCUT2D eigenvalue weighted by Gasteiger charge is 2.19. The number of esters is 1. The average molecular weight is 232 g/mol. The molecule has 0 amide bonds. The molecule has 0 atom stereocenters. The van der Waals surface area contributed by atoms with E-state index < -0.39 is 23.5 Å². The summed E-state index contributed by atoms with van der Waals surface area (Å²) >= 11 is 0. The zero-order valence-electron chi connectivity index (χ0n) is 8.42. The van der Waals surface area contributed by atoms with Gasteiger partial charge in [0.2, 0.25) is 0 Å². The quantitative estimate of drug-likeness (QED) is 0.763. The fourth-order valence-corrected chi connectivity index (χ4v) is 1.10. The Morgan fingerprint density at radius 2 is 2.25 bits per heavy atom. The van der Waals surface area contributed by atoms with E-state index >= 15 is 0 Å². The van der Waals surface area contributed by atoms with Gasteiger partial charge in [-0.25, -0.2) is 13.6 Å². The second kappa shape index (κ2) is 4.73. The van der Waals surface area contributed by atoms with Gasteiger partial charge in [0.1, 0.15) is 11.4 Å². The molecule has 0 saturated heterocycles. The van der Waals surface area contributed by atoms with E-state index in [1.807, 2.05) is 4.98 Å². The van der Waals surface area contributed by atoms with Crippen LogP contribution in [0.5, 0.6) is 0 Å². The standard InChI is InChI=1S/C9H10F2N2O3/c1-2-16-9(15)5-3-4(6(10)11)8(14)13-7(5)12/h3,6H,2H2,1H3,(H3,12,13,14). The number of hydrogen-bond donors (Lipinski definition) is 2. The fourth-order valence-electron chi connectivity index (χ4n) is 1.10. The molecular weight excluding hydrogens is 222 g/mol. The molecule has 0 aliphatic heterocycles. The highest BCUT2D eigenvalue weighted by Crippen LogP contribution is 2.18. The summed E-state index contributed by atoms with van der Waals surface area (Å²) in [6, 6.07) is 0.747. The van der Waals surface area contributed by atoms with E-state index in [2.05, 4.69) is 4.74 Å². The lowest BCUT2D eigenvalue weighted by atomic mass is 10.2. The molecule has 5 nitrogen and oxygen atoms in total. The molecule has 0 spiro atoms. The van der Waals surface area contributed by atoms with Crippen molar-refractivity contribution in [3.8, 4) is 0 Å². The van der Waals surface area contributed by atoms with E-state index in [1.165, 1.54) is 0 Å². The molecule has 0 aliphatic carbocycles. The lowest BCUT2D eigenvalue weighted by Gasteiger charge is -2.06. The molecule has 0 radical (unpaired) electrons. The molecule has 1 rings (SSSR count). The van der Waals surface area contributed by atoms with Gasteiger partial charge < -0.3 is 15.5 Å². The molecule has 0 fully saturated rings. The summed E-state index contributed by atoms with van der Waals surface area (Å²) in [6.07, 6.45) is -2.97. The van der Waals surface area contributed by atoms with Crippen molar-refractivity contribution in [3.63, 3.8) is 0 Å². The normalized spacial score (nSPS) is 10.5. The maximum atomic E-state index is 12.4. The van der Waals surface area contributed by atoms with E-state index in [0.717, 1.165) is 6.07 Å². The molecule has 0 unspecified atom stereocenters. The van der Waals surface area contributed by atoms with Crippen LogP contribution >= 0.6 is 0 Å². The maximum absolute atomic E-state index is 12.4. The minimum Gasteiger partial charge on any atom is -0.462 e. The number of alkyl halides is 2. The van der Waals surface area contributed by atoms with E-state index in [1.54, 1.807) is 6.92 Å². The van der Waals surface area contributed by atoms with Gasteiger partial charge in [0.25, 0.3) is 12.0 Å². The number of hydrogen-bond acceptors (Lipinski definition) is 4. The van der Waals surface area contributed by atoms with Gasteiger partial charge in [-0.05, 0) is 13.0 Å². The fraction of sp³-hybridized carbons (Fsp3) is 0.333. The first kappa shape index (κ1) is 12.2. The number of anilines is 1. The zero-order chi connectivity index (χ0) is 12.3. The number of rotatable bonds is 3. The van der Waals surface area contributed by atoms with Crippen LogP contribution in [0.15, 0.2) is 10.9 Å². The average Bonchev–Trinajstić information content (AvgIpc) is 2.17. The number of aromatic nitrogens is 1. The summed E-state index contributed by atoms with van der Waals surface area (Å²) in [6.45, 7) is 1.65. The topological polar surface area (TPSA) is 85.2 Å². The molecule has 7 heteroatoms. The van der Waals surface area contributed by atoms with Crippen molar-refractivity contribution < 1.29 is 18.3 Å². The summed E-state index contributed by atoms with van der Waals surface area (Å²) in [5.41, 5.74) is 3.23. The van der Waals surface area contributed by atoms with Crippen molar-refractivity contribution in [2.75, 3.05) is 12.3 Å². The van der Waals surface area contributed by atoms with Crippen LogP contribution in [0, 0.1) is 0 Å². The number of pyridine rings is 1. The van der Waals surface area contributed by atoms with E-state index in [4.69, 9.17) is 5.73 Å². The smallest absolute Gasteiger partial charge is 0.341 e. The number of nitrogens with two attached hydrogens (primary N) is 1. The molecule has 0 bridgehead atoms. The van der Waals surface area contributed by atoms with Gasteiger partial charge in [-0.3, -0.25) is 4.79 Å². The third-order valence-corrected chi connectivity index (χ3v) is 1.83. The Bertz CT molecular complexity index is 457. The van der Waals surface area contributed by atoms with E-state index in [9.17, 15) is 18.4 Å². The Kier molecular flexibility index (Phi) is 3.60. The second-order valence-corrected chi connectivity index (χ2v) is 2.90. The first-order chi connectivity index (χ1) is 7.47. The lowest BCUT2D eigenvalue weighted by molar-refractivity contribution is 0.0526. The van der Waals surface area contributed by atoms with Crippen LogP contribution in [0.1, 0.15) is 29.3 Å². The van der Waals surface area contributed by atoms with E-state index in [-0.39, 0.29) is 18.0 Å². The number of ether oxygens (including phenoxy) is 1. The predicted octanol–water partition coefficient (Wildman–Crippen LogP) is 1.07. The number of halogens is 2. The van der Waals surface area contributed by atoms with Crippen molar-refractivity contribution in [1.82, 2.24) is 4.98 Å². The monoisotopic (exact) mass is 232 g/mol. The Hall–Kier alpha value is -1.92. The molecule has 16 heavy (non-hydrogen) atoms. The van der Waals surface area contributed by atoms with Crippen LogP contribution in [-0.2, 0) is 4.74 Å². The number of nitrogens with one attached hydrogen (secondary N) is 1. The van der Waals surface area contributed by atoms with Gasteiger partial charge in [0, 0.05) is 0 Å². The SMILES string of the molecule is CCOC(=O)c1cc(C(F)F)c(=O)[nH]c1N. The number of carbonyl (C=O) groups excluding carboxylic acids is 1. The molecule has 0 aromatic carbocycles. The van der Waals surface area contributed by atoms with Gasteiger partial charge in [-0.2, -0.15) is 0 Å². The minimum absolute atomic E-state index is 0.0847. The van der Waals surface area contributed by atoms with Gasteiger partial charge in [0.05, 0.1) is 12.2 Å². The molecular formula is C9H10F2N2O3. The van der Waals surface area contributed by atoms with E-state index in [0.29, 0.717) is 0 Å². The Balaban J connectivity index is 3.25. The molecule has 1 aromatic heterocycles. The van der Waals surface area contributed by atoms with Crippen molar-refractivity contribution in [2.24, 2.45) is 0 Å². The molecule has 0 aliphatic rings. The third-order valence-electron chi connectivity index (χ3n) is 1.83. The third kappa shape index (κ3) is 2.36. The van der Waals surface area contributed by atoms with Gasteiger partial charge >= 0.3 is 5.97 Å². The summed E-state index contributed by atoms with van der Waals surface area (Å²) in [4.78, 5) is 24.3. The molecule has 1 aromatic rings. The van der Waals surface area contributed by atoms with Gasteiger partial charge in [-0.1, -0.05) is 0 Å². The largest absolute Gasteiger partial charge is 0.462 e. The van der Waals surface area contributed by atoms with Crippen LogP contribution in [0.2, 0.25) is 0 Å². The zero-order valence-corrected chi connectivity index (χ0v) is 8.42. The molecule has 1 heterocycles. The Morgan fingerprint density at radius 1 is 1.62 bits per heavy atom. The highest BCUT2D eigenvalue weighted by molar-refractivity contribution is 5.94. The van der Waals surface area contributed by atoms with Crippen molar-refractivity contribution in [2.45, 2.75) is 13.3 Å². The van der Waals surface area contributed by atoms with Crippen LogP contribution in [0.4, 0.5) is 14.6 Å². The summed E-state index contributed by atoms with van der Waals surface area (Å²) < 4.78 is 29.3. The number of aromatic amines is 1. The predicted molar refractivity (Wildman–Crippen MR) is 52.4 cm³/mol. The number of carbonyl (C=O) groups is 1. The molecule has 88 valence electrons. The molecule has 0 saturated carbocycles. The second-order valence-electron chi connectivity index (χ2n) is 2.90. The van der Waals surface area contributed by atoms with Gasteiger partial charge in [-0.15, -0.1) is 0 Å². The Labute approximate surface area is 89.2 Å². The number of nitrogen functional groups attached to an aromatic ring is 1. The van der Waals surface area contributed by atoms with Crippen LogP contribution in [0.3, 0.4) is 0 Å². The summed E-state index contributed by atoms with van der Waals surface area (Å²) in [5.74, 6) is -1.13. The van der Waals surface area contributed by atoms with Crippen molar-refractivity contribution >= 4 is 11.8 Å². The first-order valence-corrected chi connectivity index (χ1v) is 4.45. The maximum Gasteiger partial charge on any atom is 0.341 e. The van der Waals surface area contributed by atoms with Crippen LogP contribution < -0.4 is 11.3 Å². The lowest BCUT2D eigenvalue weighted by Crippen LogP contribution is -2.19. The van der Waals surface area contributed by atoms with Gasteiger partial charge in [0.15, 0.2) is 0 Å².